The van der Waals surface area contributed by atoms with Crippen molar-refractivity contribution in [2.24, 2.45) is 5.92 Å². The lowest BCUT2D eigenvalue weighted by Crippen LogP contribution is -2.22. The number of rotatable bonds is 4. The van der Waals surface area contributed by atoms with E-state index in [1.54, 1.807) is 6.07 Å². The number of nitrogens with zero attached hydrogens (tertiary/aromatic N) is 2. The maximum absolute atomic E-state index is 6.28. The average Bonchev–Trinajstić information content (AvgIpc) is 2.77. The SMILES string of the molecule is C1CCCCC1.Nc1cc(-c2nc(NCC3CCOCC3)ccc2Cl)c(Cl)cn1. The molecule has 0 aromatic carbocycles. The van der Waals surface area contributed by atoms with E-state index >= 15 is 0 Å². The largest absolute Gasteiger partial charge is 0.384 e. The minimum absolute atomic E-state index is 0.378. The number of aromatic nitrogens is 2. The highest BCUT2D eigenvalue weighted by Gasteiger charge is 2.15. The van der Waals surface area contributed by atoms with E-state index in [4.69, 9.17) is 33.7 Å². The van der Waals surface area contributed by atoms with E-state index in [0.29, 0.717) is 33.0 Å². The number of halogens is 2. The van der Waals surface area contributed by atoms with Gasteiger partial charge in [-0.2, -0.15) is 0 Å². The third-order valence-corrected chi connectivity index (χ3v) is 6.00. The molecule has 0 spiro atoms. The molecular formula is C22H30Cl2N4O. The Hall–Kier alpha value is -1.56. The molecule has 5 nitrogen and oxygen atoms in total. The quantitative estimate of drug-likeness (QED) is 0.595. The molecule has 158 valence electrons. The summed E-state index contributed by atoms with van der Waals surface area (Å²) in [5, 5.41) is 4.36. The van der Waals surface area contributed by atoms with E-state index in [9.17, 15) is 0 Å². The number of hydrogen-bond acceptors (Lipinski definition) is 5. The first-order chi connectivity index (χ1) is 14.1. The predicted octanol–water partition coefficient (Wildman–Crippen LogP) is 6.21. The number of ether oxygens (including phenoxy) is 1. The van der Waals surface area contributed by atoms with Crippen molar-refractivity contribution in [3.8, 4) is 11.3 Å². The van der Waals surface area contributed by atoms with Gasteiger partial charge in [0, 0.05) is 31.5 Å². The predicted molar refractivity (Wildman–Crippen MR) is 122 cm³/mol. The topological polar surface area (TPSA) is 73.1 Å². The summed E-state index contributed by atoms with van der Waals surface area (Å²) in [5.41, 5.74) is 7.02. The lowest BCUT2D eigenvalue weighted by Gasteiger charge is -2.22. The van der Waals surface area contributed by atoms with Gasteiger partial charge in [0.05, 0.1) is 15.7 Å². The molecule has 7 heteroatoms. The lowest BCUT2D eigenvalue weighted by atomic mass is 10.0. The van der Waals surface area contributed by atoms with Gasteiger partial charge in [-0.15, -0.1) is 0 Å². The third-order valence-electron chi connectivity index (χ3n) is 5.39. The number of nitrogen functional groups attached to an aromatic ring is 1. The van der Waals surface area contributed by atoms with Gasteiger partial charge in [-0.25, -0.2) is 9.97 Å². The van der Waals surface area contributed by atoms with Crippen LogP contribution in [-0.4, -0.2) is 29.7 Å². The van der Waals surface area contributed by atoms with Crippen molar-refractivity contribution >= 4 is 34.8 Å². The van der Waals surface area contributed by atoms with Crippen LogP contribution in [-0.2, 0) is 4.74 Å². The molecule has 2 aliphatic rings. The Morgan fingerprint density at radius 1 is 1.00 bits per heavy atom. The first kappa shape index (κ1) is 22.1. The molecule has 29 heavy (non-hydrogen) atoms. The van der Waals surface area contributed by atoms with Crippen molar-refractivity contribution in [3.63, 3.8) is 0 Å². The van der Waals surface area contributed by atoms with Gasteiger partial charge in [-0.05, 0) is 37.0 Å². The van der Waals surface area contributed by atoms with Crippen LogP contribution in [0, 0.1) is 5.92 Å². The first-order valence-corrected chi connectivity index (χ1v) is 11.3. The Bertz CT molecular complexity index is 766. The zero-order valence-corrected chi connectivity index (χ0v) is 18.3. The van der Waals surface area contributed by atoms with Gasteiger partial charge in [0.25, 0.3) is 0 Å². The van der Waals surface area contributed by atoms with Crippen LogP contribution < -0.4 is 11.1 Å². The van der Waals surface area contributed by atoms with Crippen molar-refractivity contribution < 1.29 is 4.74 Å². The second kappa shape index (κ2) is 11.6. The van der Waals surface area contributed by atoms with Crippen LogP contribution in [0.25, 0.3) is 11.3 Å². The van der Waals surface area contributed by atoms with E-state index in [0.717, 1.165) is 38.4 Å². The van der Waals surface area contributed by atoms with Crippen molar-refractivity contribution in [2.45, 2.75) is 51.4 Å². The molecule has 0 amide bonds. The lowest BCUT2D eigenvalue weighted by molar-refractivity contribution is 0.0699. The van der Waals surface area contributed by atoms with Gasteiger partial charge >= 0.3 is 0 Å². The summed E-state index contributed by atoms with van der Waals surface area (Å²) in [5.74, 6) is 1.75. The van der Waals surface area contributed by atoms with E-state index in [1.165, 1.54) is 44.7 Å². The van der Waals surface area contributed by atoms with Crippen LogP contribution in [0.3, 0.4) is 0 Å². The number of anilines is 2. The molecular weight excluding hydrogens is 407 g/mol. The minimum Gasteiger partial charge on any atom is -0.384 e. The molecule has 2 aromatic heterocycles. The number of pyridine rings is 2. The zero-order chi connectivity index (χ0) is 20.5. The highest BCUT2D eigenvalue weighted by Crippen LogP contribution is 2.33. The summed E-state index contributed by atoms with van der Waals surface area (Å²) < 4.78 is 5.38. The standard InChI is InChI=1S/C16H18Cl2N4O.C6H12/c17-12-1-2-15(21-8-10-3-5-23-6-4-10)22-16(12)11-7-14(19)20-9-13(11)18;1-2-4-6-5-3-1/h1-2,7,9-10H,3-6,8H2,(H2,19,20)(H,21,22);1-6H2. The Balaban J connectivity index is 0.000000343. The molecule has 3 heterocycles. The van der Waals surface area contributed by atoms with E-state index in [2.05, 4.69) is 15.3 Å². The molecule has 2 fully saturated rings. The van der Waals surface area contributed by atoms with Crippen molar-refractivity contribution in [2.75, 3.05) is 30.8 Å². The van der Waals surface area contributed by atoms with E-state index in [-0.39, 0.29) is 0 Å². The van der Waals surface area contributed by atoms with Gasteiger partial charge in [-0.1, -0.05) is 61.7 Å². The summed E-state index contributed by atoms with van der Waals surface area (Å²) in [6, 6.07) is 5.35. The maximum Gasteiger partial charge on any atom is 0.126 e. The summed E-state index contributed by atoms with van der Waals surface area (Å²) in [6.45, 7) is 2.53. The fraction of sp³-hybridized carbons (Fsp3) is 0.545. The smallest absolute Gasteiger partial charge is 0.126 e. The molecule has 0 unspecified atom stereocenters. The Morgan fingerprint density at radius 2 is 1.66 bits per heavy atom. The van der Waals surface area contributed by atoms with Crippen molar-refractivity contribution in [1.29, 1.82) is 0 Å². The summed E-state index contributed by atoms with van der Waals surface area (Å²) in [7, 11) is 0. The molecule has 4 rings (SSSR count). The highest BCUT2D eigenvalue weighted by atomic mass is 35.5. The first-order valence-electron chi connectivity index (χ1n) is 10.5. The van der Waals surface area contributed by atoms with Gasteiger partial charge in [-0.3, -0.25) is 0 Å². The fourth-order valence-corrected chi connectivity index (χ4v) is 4.03. The van der Waals surface area contributed by atoms with E-state index in [1.807, 2.05) is 12.1 Å². The third kappa shape index (κ3) is 7.02. The summed E-state index contributed by atoms with van der Waals surface area (Å²) >= 11 is 12.5. The van der Waals surface area contributed by atoms with Crippen LogP contribution in [0.4, 0.5) is 11.6 Å². The molecule has 3 N–H and O–H groups in total. The molecule has 0 radical (unpaired) electrons. The second-order valence-corrected chi connectivity index (χ2v) is 8.49. The maximum atomic E-state index is 6.28. The minimum atomic E-state index is 0.378. The fourth-order valence-electron chi connectivity index (χ4n) is 3.63. The Morgan fingerprint density at radius 3 is 2.31 bits per heavy atom. The van der Waals surface area contributed by atoms with Crippen LogP contribution in [0.1, 0.15) is 51.4 Å². The number of nitrogens with one attached hydrogen (secondary N) is 1. The summed E-state index contributed by atoms with van der Waals surface area (Å²) in [4.78, 5) is 8.55. The van der Waals surface area contributed by atoms with Crippen LogP contribution in [0.2, 0.25) is 10.0 Å². The zero-order valence-electron chi connectivity index (χ0n) is 16.8. The summed E-state index contributed by atoms with van der Waals surface area (Å²) in [6.07, 6.45) is 12.6. The Kier molecular flexibility index (Phi) is 8.84. The molecule has 2 aromatic rings. The number of hydrogen-bond donors (Lipinski definition) is 2. The molecule has 0 bridgehead atoms. The van der Waals surface area contributed by atoms with Gasteiger partial charge in [0.15, 0.2) is 0 Å². The van der Waals surface area contributed by atoms with Gasteiger partial charge in [0.2, 0.25) is 0 Å². The highest BCUT2D eigenvalue weighted by molar-refractivity contribution is 6.36. The molecule has 1 saturated heterocycles. The normalized spacial score (nSPS) is 17.3. The Labute approximate surface area is 183 Å². The van der Waals surface area contributed by atoms with Crippen LogP contribution >= 0.6 is 23.2 Å². The van der Waals surface area contributed by atoms with Crippen LogP contribution in [0.15, 0.2) is 24.4 Å². The molecule has 0 atom stereocenters. The molecule has 1 aliphatic heterocycles. The average molecular weight is 437 g/mol. The number of nitrogens with two attached hydrogens (primary N) is 1. The second-order valence-electron chi connectivity index (χ2n) is 7.67. The van der Waals surface area contributed by atoms with Gasteiger partial charge in [0.1, 0.15) is 11.6 Å². The van der Waals surface area contributed by atoms with E-state index < -0.39 is 0 Å². The van der Waals surface area contributed by atoms with Crippen LogP contribution in [0.5, 0.6) is 0 Å². The van der Waals surface area contributed by atoms with Crippen molar-refractivity contribution in [3.05, 3.63) is 34.4 Å². The molecule has 1 saturated carbocycles. The van der Waals surface area contributed by atoms with Gasteiger partial charge < -0.3 is 15.8 Å². The monoisotopic (exact) mass is 436 g/mol. The molecule has 1 aliphatic carbocycles. The van der Waals surface area contributed by atoms with Crippen molar-refractivity contribution in [1.82, 2.24) is 9.97 Å².